The van der Waals surface area contributed by atoms with Gasteiger partial charge < -0.3 is 10.2 Å². The molecular formula is C14H14BrFN2OS. The number of nitrogens with one attached hydrogen (secondary N) is 1. The molecule has 0 spiro atoms. The van der Waals surface area contributed by atoms with E-state index in [4.69, 9.17) is 0 Å². The maximum absolute atomic E-state index is 13.4. The molecule has 106 valence electrons. The Bertz CT molecular complexity index is 602. The average Bonchev–Trinajstić information content (AvgIpc) is 2.82. The lowest BCUT2D eigenvalue weighted by molar-refractivity contribution is 0.206. The molecule has 0 bridgehead atoms. The van der Waals surface area contributed by atoms with E-state index in [-0.39, 0.29) is 18.4 Å². The van der Waals surface area contributed by atoms with Gasteiger partial charge in [-0.15, -0.1) is 11.3 Å². The predicted molar refractivity (Wildman–Crippen MR) is 82.1 cm³/mol. The van der Waals surface area contributed by atoms with Gasteiger partial charge in [-0.3, -0.25) is 0 Å². The van der Waals surface area contributed by atoms with Crippen LogP contribution < -0.4 is 5.32 Å². The molecule has 0 atom stereocenters. The lowest BCUT2D eigenvalue weighted by atomic mass is 10.2. The summed E-state index contributed by atoms with van der Waals surface area (Å²) >= 11 is 4.97. The monoisotopic (exact) mass is 356 g/mol. The van der Waals surface area contributed by atoms with Crippen molar-refractivity contribution < 1.29 is 9.18 Å². The highest BCUT2D eigenvalue weighted by molar-refractivity contribution is 9.11. The molecule has 0 aliphatic rings. The molecule has 1 aromatic carbocycles. The molecule has 0 aliphatic heterocycles. The first-order chi connectivity index (χ1) is 9.56. The molecule has 0 radical (unpaired) electrons. The Balaban J connectivity index is 1.87. The summed E-state index contributed by atoms with van der Waals surface area (Å²) in [5.74, 6) is -0.308. The number of carbonyl (C=O) groups is 1. The third kappa shape index (κ3) is 4.05. The van der Waals surface area contributed by atoms with Crippen LogP contribution in [0.15, 0.2) is 40.2 Å². The maximum Gasteiger partial charge on any atom is 0.317 e. The Hall–Kier alpha value is -1.40. The largest absolute Gasteiger partial charge is 0.334 e. The molecule has 0 aliphatic carbocycles. The molecule has 2 rings (SSSR count). The molecule has 0 saturated carbocycles. The second-order valence-corrected chi connectivity index (χ2v) is 6.86. The zero-order chi connectivity index (χ0) is 14.5. The van der Waals surface area contributed by atoms with Crippen molar-refractivity contribution in [1.82, 2.24) is 10.2 Å². The molecule has 2 aromatic rings. The van der Waals surface area contributed by atoms with Gasteiger partial charge in [0.05, 0.1) is 10.3 Å². The molecule has 0 fully saturated rings. The fourth-order valence-corrected chi connectivity index (χ4v) is 3.23. The molecule has 2 amide bonds. The van der Waals surface area contributed by atoms with Crippen molar-refractivity contribution in [3.63, 3.8) is 0 Å². The van der Waals surface area contributed by atoms with E-state index in [9.17, 15) is 9.18 Å². The molecular weight excluding hydrogens is 343 g/mol. The quantitative estimate of drug-likeness (QED) is 0.882. The number of hydrogen-bond acceptors (Lipinski definition) is 2. The minimum absolute atomic E-state index is 0.185. The minimum Gasteiger partial charge on any atom is -0.334 e. The summed E-state index contributed by atoms with van der Waals surface area (Å²) in [5.41, 5.74) is 0.480. The number of urea groups is 1. The van der Waals surface area contributed by atoms with E-state index in [0.717, 1.165) is 8.66 Å². The summed E-state index contributed by atoms with van der Waals surface area (Å²) < 4.78 is 14.5. The molecule has 0 unspecified atom stereocenters. The zero-order valence-electron chi connectivity index (χ0n) is 10.9. The normalized spacial score (nSPS) is 10.3. The van der Waals surface area contributed by atoms with Crippen LogP contribution >= 0.6 is 27.3 Å². The Labute approximate surface area is 129 Å². The van der Waals surface area contributed by atoms with Gasteiger partial charge in [0.15, 0.2) is 0 Å². The molecule has 20 heavy (non-hydrogen) atoms. The Morgan fingerprint density at radius 2 is 2.10 bits per heavy atom. The molecule has 1 aromatic heterocycles. The van der Waals surface area contributed by atoms with Gasteiger partial charge >= 0.3 is 6.03 Å². The number of halogens is 2. The number of nitrogens with zero attached hydrogens (tertiary/aromatic N) is 1. The summed E-state index contributed by atoms with van der Waals surface area (Å²) in [6.07, 6.45) is 0. The number of hydrogen-bond donors (Lipinski definition) is 1. The summed E-state index contributed by atoms with van der Waals surface area (Å²) in [6.45, 7) is 0.712. The van der Waals surface area contributed by atoms with E-state index in [0.29, 0.717) is 12.1 Å². The van der Waals surface area contributed by atoms with Crippen LogP contribution in [0.3, 0.4) is 0 Å². The standard InChI is InChI=1S/C14H14BrFN2OS/c1-18(9-11-6-7-13(15)20-11)14(19)17-8-10-4-2-3-5-12(10)16/h2-7H,8-9H2,1H3,(H,17,19). The first-order valence-electron chi connectivity index (χ1n) is 6.03. The van der Waals surface area contributed by atoms with Crippen LogP contribution in [0.2, 0.25) is 0 Å². The van der Waals surface area contributed by atoms with Crippen LogP contribution in [0.25, 0.3) is 0 Å². The summed E-state index contributed by atoms with van der Waals surface area (Å²) in [6, 6.07) is 10.1. The van der Waals surface area contributed by atoms with Crippen molar-refractivity contribution in [2.45, 2.75) is 13.1 Å². The number of carbonyl (C=O) groups excluding carboxylic acids is 1. The first kappa shape index (κ1) is 15.0. The molecule has 1 heterocycles. The van der Waals surface area contributed by atoms with E-state index in [1.165, 1.54) is 6.07 Å². The van der Waals surface area contributed by atoms with Gasteiger partial charge in [0, 0.05) is 24.0 Å². The van der Waals surface area contributed by atoms with Crippen molar-refractivity contribution in [1.29, 1.82) is 0 Å². The van der Waals surface area contributed by atoms with E-state index in [2.05, 4.69) is 21.2 Å². The minimum atomic E-state index is -0.308. The Morgan fingerprint density at radius 1 is 1.35 bits per heavy atom. The van der Waals surface area contributed by atoms with Crippen molar-refractivity contribution >= 4 is 33.3 Å². The third-order valence-corrected chi connectivity index (χ3v) is 4.36. The number of amides is 2. The second kappa shape index (κ2) is 6.85. The van der Waals surface area contributed by atoms with Gasteiger partial charge in [-0.2, -0.15) is 0 Å². The summed E-state index contributed by atoms with van der Waals surface area (Å²) in [4.78, 5) is 14.6. The van der Waals surface area contributed by atoms with E-state index < -0.39 is 0 Å². The lowest BCUT2D eigenvalue weighted by Gasteiger charge is -2.17. The smallest absolute Gasteiger partial charge is 0.317 e. The van der Waals surface area contributed by atoms with Gasteiger partial charge in [-0.05, 0) is 34.1 Å². The number of thiophene rings is 1. The van der Waals surface area contributed by atoms with Gasteiger partial charge in [0.25, 0.3) is 0 Å². The van der Waals surface area contributed by atoms with Crippen molar-refractivity contribution in [3.05, 3.63) is 56.4 Å². The second-order valence-electron chi connectivity index (χ2n) is 4.31. The first-order valence-corrected chi connectivity index (χ1v) is 7.64. The maximum atomic E-state index is 13.4. The van der Waals surface area contributed by atoms with E-state index in [1.54, 1.807) is 41.5 Å². The zero-order valence-corrected chi connectivity index (χ0v) is 13.3. The van der Waals surface area contributed by atoms with Crippen LogP contribution in [0.5, 0.6) is 0 Å². The van der Waals surface area contributed by atoms with Crippen LogP contribution in [-0.4, -0.2) is 18.0 Å². The average molecular weight is 357 g/mol. The van der Waals surface area contributed by atoms with Gasteiger partial charge in [0.2, 0.25) is 0 Å². The highest BCUT2D eigenvalue weighted by Gasteiger charge is 2.10. The summed E-state index contributed by atoms with van der Waals surface area (Å²) in [7, 11) is 1.71. The molecule has 3 nitrogen and oxygen atoms in total. The Kier molecular flexibility index (Phi) is 5.14. The number of benzene rings is 1. The third-order valence-electron chi connectivity index (χ3n) is 2.76. The van der Waals surface area contributed by atoms with Gasteiger partial charge in [-0.1, -0.05) is 18.2 Å². The van der Waals surface area contributed by atoms with Crippen molar-refractivity contribution in [2.24, 2.45) is 0 Å². The van der Waals surface area contributed by atoms with E-state index >= 15 is 0 Å². The molecule has 0 saturated heterocycles. The van der Waals surface area contributed by atoms with Crippen molar-refractivity contribution in [2.75, 3.05) is 7.05 Å². The van der Waals surface area contributed by atoms with Gasteiger partial charge in [-0.25, -0.2) is 9.18 Å². The summed E-state index contributed by atoms with van der Waals surface area (Å²) in [5, 5.41) is 2.71. The van der Waals surface area contributed by atoms with Crippen LogP contribution in [0.1, 0.15) is 10.4 Å². The van der Waals surface area contributed by atoms with Crippen molar-refractivity contribution in [3.8, 4) is 0 Å². The number of rotatable bonds is 4. The lowest BCUT2D eigenvalue weighted by Crippen LogP contribution is -2.36. The highest BCUT2D eigenvalue weighted by Crippen LogP contribution is 2.22. The van der Waals surface area contributed by atoms with E-state index in [1.807, 2.05) is 12.1 Å². The predicted octanol–water partition coefficient (Wildman–Crippen LogP) is 3.99. The SMILES string of the molecule is CN(Cc1ccc(Br)s1)C(=O)NCc1ccccc1F. The van der Waals surface area contributed by atoms with Crippen LogP contribution in [0.4, 0.5) is 9.18 Å². The Morgan fingerprint density at radius 3 is 2.75 bits per heavy atom. The highest BCUT2D eigenvalue weighted by atomic mass is 79.9. The fourth-order valence-electron chi connectivity index (χ4n) is 1.69. The van der Waals surface area contributed by atoms with Gasteiger partial charge in [0.1, 0.15) is 5.82 Å². The molecule has 1 N–H and O–H groups in total. The molecule has 6 heteroatoms. The topological polar surface area (TPSA) is 32.3 Å². The fraction of sp³-hybridized carbons (Fsp3) is 0.214. The van der Waals surface area contributed by atoms with Crippen LogP contribution in [0, 0.1) is 5.82 Å². The van der Waals surface area contributed by atoms with Crippen LogP contribution in [-0.2, 0) is 13.1 Å².